The Balaban J connectivity index is 1.92. The smallest absolute Gasteiger partial charge is 0.262 e. The molecule has 2 aromatic rings. The molecule has 0 unspecified atom stereocenters. The van der Waals surface area contributed by atoms with Gasteiger partial charge in [-0.3, -0.25) is 9.59 Å². The summed E-state index contributed by atoms with van der Waals surface area (Å²) < 4.78 is 6.22. The molecule has 0 aromatic heterocycles. The van der Waals surface area contributed by atoms with Gasteiger partial charge in [0.2, 0.25) is 0 Å². The van der Waals surface area contributed by atoms with Gasteiger partial charge < -0.3 is 15.0 Å². The topological polar surface area (TPSA) is 58.6 Å². The van der Waals surface area contributed by atoms with Crippen LogP contribution in [0, 0.1) is 0 Å². The second-order valence-corrected chi connectivity index (χ2v) is 6.51. The predicted octanol–water partition coefficient (Wildman–Crippen LogP) is 3.82. The van der Waals surface area contributed by atoms with E-state index in [9.17, 15) is 9.59 Å². The number of hydrogen-bond acceptors (Lipinski definition) is 3. The van der Waals surface area contributed by atoms with Crippen LogP contribution in [0.2, 0.25) is 5.02 Å². The first-order valence-corrected chi connectivity index (χ1v) is 8.23. The van der Waals surface area contributed by atoms with Crippen LogP contribution in [0.5, 0.6) is 5.75 Å². The van der Waals surface area contributed by atoms with E-state index in [1.165, 1.54) is 4.90 Å². The number of carbonyl (C=O) groups is 2. The average Bonchev–Trinajstić information content (AvgIpc) is 2.55. The van der Waals surface area contributed by atoms with Gasteiger partial charge in [-0.1, -0.05) is 27.5 Å². The normalized spacial score (nSPS) is 10.2. The molecule has 0 aliphatic heterocycles. The summed E-state index contributed by atoms with van der Waals surface area (Å²) in [5, 5.41) is 3.13. The minimum Gasteiger partial charge on any atom is -0.482 e. The number of amides is 2. The fourth-order valence-corrected chi connectivity index (χ4v) is 2.39. The molecule has 2 amide bonds. The lowest BCUT2D eigenvalue weighted by Gasteiger charge is -2.11. The number of nitrogens with zero attached hydrogens (tertiary/aromatic N) is 1. The van der Waals surface area contributed by atoms with Crippen molar-refractivity contribution < 1.29 is 14.3 Å². The number of rotatable bonds is 5. The number of anilines is 1. The van der Waals surface area contributed by atoms with Crippen molar-refractivity contribution in [1.29, 1.82) is 0 Å². The van der Waals surface area contributed by atoms with Crippen molar-refractivity contribution in [2.24, 2.45) is 0 Å². The molecule has 2 rings (SSSR count). The summed E-state index contributed by atoms with van der Waals surface area (Å²) >= 11 is 9.31. The number of nitrogens with one attached hydrogen (secondary N) is 1. The lowest BCUT2D eigenvalue weighted by Crippen LogP contribution is -2.22. The molecular formula is C17H16BrClN2O3. The van der Waals surface area contributed by atoms with Gasteiger partial charge in [-0.2, -0.15) is 0 Å². The molecule has 126 valence electrons. The second kappa shape index (κ2) is 8.17. The largest absolute Gasteiger partial charge is 0.482 e. The molecule has 0 spiro atoms. The van der Waals surface area contributed by atoms with E-state index in [0.29, 0.717) is 22.0 Å². The monoisotopic (exact) mass is 410 g/mol. The first-order valence-electron chi connectivity index (χ1n) is 7.06. The van der Waals surface area contributed by atoms with E-state index < -0.39 is 0 Å². The zero-order valence-corrected chi connectivity index (χ0v) is 15.5. The van der Waals surface area contributed by atoms with Crippen molar-refractivity contribution in [1.82, 2.24) is 4.90 Å². The Morgan fingerprint density at radius 3 is 2.46 bits per heavy atom. The van der Waals surface area contributed by atoms with Crippen LogP contribution >= 0.6 is 27.5 Å². The Morgan fingerprint density at radius 2 is 1.83 bits per heavy atom. The Hall–Kier alpha value is -2.05. The van der Waals surface area contributed by atoms with Crippen LogP contribution in [-0.4, -0.2) is 37.4 Å². The van der Waals surface area contributed by atoms with Gasteiger partial charge >= 0.3 is 0 Å². The van der Waals surface area contributed by atoms with E-state index in [-0.39, 0.29) is 18.4 Å². The molecule has 0 aliphatic carbocycles. The molecule has 0 atom stereocenters. The van der Waals surface area contributed by atoms with Gasteiger partial charge in [-0.05, 0) is 42.5 Å². The summed E-state index contributed by atoms with van der Waals surface area (Å²) in [6.07, 6.45) is 0. The lowest BCUT2D eigenvalue weighted by atomic mass is 10.2. The van der Waals surface area contributed by atoms with Crippen molar-refractivity contribution in [3.8, 4) is 5.75 Å². The minimum atomic E-state index is -0.322. The second-order valence-electron chi connectivity index (χ2n) is 5.19. The van der Waals surface area contributed by atoms with E-state index in [1.807, 2.05) is 0 Å². The minimum absolute atomic E-state index is 0.0968. The highest BCUT2D eigenvalue weighted by Gasteiger charge is 2.09. The van der Waals surface area contributed by atoms with Crippen LogP contribution in [-0.2, 0) is 4.79 Å². The molecule has 1 N–H and O–H groups in total. The van der Waals surface area contributed by atoms with Crippen molar-refractivity contribution in [2.75, 3.05) is 26.0 Å². The summed E-state index contributed by atoms with van der Waals surface area (Å²) in [5.74, 6) is 0.00588. The quantitative estimate of drug-likeness (QED) is 0.813. The summed E-state index contributed by atoms with van der Waals surface area (Å²) in [6.45, 7) is -0.172. The molecule has 2 aromatic carbocycles. The average molecular weight is 412 g/mol. The van der Waals surface area contributed by atoms with Gasteiger partial charge in [0.05, 0.1) is 5.02 Å². The highest BCUT2D eigenvalue weighted by atomic mass is 79.9. The molecule has 0 saturated carbocycles. The molecular weight excluding hydrogens is 396 g/mol. The summed E-state index contributed by atoms with van der Waals surface area (Å²) in [7, 11) is 3.37. The van der Waals surface area contributed by atoms with Crippen LogP contribution in [0.3, 0.4) is 0 Å². The third-order valence-electron chi connectivity index (χ3n) is 3.07. The zero-order valence-electron chi connectivity index (χ0n) is 13.2. The van der Waals surface area contributed by atoms with Gasteiger partial charge in [0, 0.05) is 29.8 Å². The fraction of sp³-hybridized carbons (Fsp3) is 0.176. The van der Waals surface area contributed by atoms with E-state index in [0.717, 1.165) is 4.47 Å². The molecule has 24 heavy (non-hydrogen) atoms. The van der Waals surface area contributed by atoms with Gasteiger partial charge in [0.1, 0.15) is 5.75 Å². The fourth-order valence-electron chi connectivity index (χ4n) is 1.88. The standard InChI is InChI=1S/C17H16BrClN2O3/c1-21(2)17(23)11-3-6-13(7-4-11)20-16(22)10-24-15-9-12(18)5-8-14(15)19/h3-9H,10H2,1-2H3,(H,20,22). The first-order chi connectivity index (χ1) is 11.4. The van der Waals surface area contributed by atoms with E-state index in [1.54, 1.807) is 56.6 Å². The Kier molecular flexibility index (Phi) is 6.23. The molecule has 0 bridgehead atoms. The molecule has 0 aliphatic rings. The van der Waals surface area contributed by atoms with Crippen LogP contribution in [0.25, 0.3) is 0 Å². The molecule has 0 fully saturated rings. The predicted molar refractivity (Wildman–Crippen MR) is 97.7 cm³/mol. The molecule has 0 heterocycles. The Labute approximate surface area is 153 Å². The molecule has 0 saturated heterocycles. The van der Waals surface area contributed by atoms with E-state index in [2.05, 4.69) is 21.2 Å². The molecule has 7 heteroatoms. The summed E-state index contributed by atoms with van der Waals surface area (Å²) in [4.78, 5) is 25.2. The van der Waals surface area contributed by atoms with Crippen molar-refractivity contribution in [3.63, 3.8) is 0 Å². The van der Waals surface area contributed by atoms with Crippen molar-refractivity contribution >= 4 is 45.0 Å². The summed E-state index contributed by atoms with van der Waals surface area (Å²) in [6, 6.07) is 11.8. The van der Waals surface area contributed by atoms with Crippen LogP contribution in [0.15, 0.2) is 46.9 Å². The van der Waals surface area contributed by atoms with Crippen molar-refractivity contribution in [3.05, 3.63) is 57.5 Å². The highest BCUT2D eigenvalue weighted by Crippen LogP contribution is 2.27. The number of hydrogen-bond donors (Lipinski definition) is 1. The maximum absolute atomic E-state index is 11.9. The summed E-state index contributed by atoms with van der Waals surface area (Å²) in [5.41, 5.74) is 1.13. The van der Waals surface area contributed by atoms with Gasteiger partial charge in [-0.15, -0.1) is 0 Å². The third-order valence-corrected chi connectivity index (χ3v) is 3.88. The Morgan fingerprint density at radius 1 is 1.17 bits per heavy atom. The Bertz CT molecular complexity index is 748. The maximum atomic E-state index is 11.9. The van der Waals surface area contributed by atoms with Gasteiger partial charge in [0.15, 0.2) is 6.61 Å². The SMILES string of the molecule is CN(C)C(=O)c1ccc(NC(=O)COc2cc(Br)ccc2Cl)cc1. The number of halogens is 2. The number of ether oxygens (including phenoxy) is 1. The zero-order chi connectivity index (χ0) is 17.7. The first kappa shape index (κ1) is 18.3. The maximum Gasteiger partial charge on any atom is 0.262 e. The van der Waals surface area contributed by atoms with Crippen LogP contribution in [0.1, 0.15) is 10.4 Å². The molecule has 5 nitrogen and oxygen atoms in total. The lowest BCUT2D eigenvalue weighted by molar-refractivity contribution is -0.118. The van der Waals surface area contributed by atoms with Crippen LogP contribution < -0.4 is 10.1 Å². The van der Waals surface area contributed by atoms with Crippen LogP contribution in [0.4, 0.5) is 5.69 Å². The van der Waals surface area contributed by atoms with E-state index >= 15 is 0 Å². The van der Waals surface area contributed by atoms with Gasteiger partial charge in [0.25, 0.3) is 11.8 Å². The third kappa shape index (κ3) is 4.97. The highest BCUT2D eigenvalue weighted by molar-refractivity contribution is 9.10. The number of benzene rings is 2. The number of carbonyl (C=O) groups excluding carboxylic acids is 2. The van der Waals surface area contributed by atoms with Crippen molar-refractivity contribution in [2.45, 2.75) is 0 Å². The van der Waals surface area contributed by atoms with E-state index in [4.69, 9.17) is 16.3 Å². The van der Waals surface area contributed by atoms with Gasteiger partial charge in [-0.25, -0.2) is 0 Å². The molecule has 0 radical (unpaired) electrons.